The number of carbonyl (C=O) groups excluding carboxylic acids is 1. The van der Waals surface area contributed by atoms with Crippen molar-refractivity contribution in [2.45, 2.75) is 31.9 Å². The first-order valence-corrected chi connectivity index (χ1v) is 7.82. The zero-order valence-corrected chi connectivity index (χ0v) is 14.5. The number of hydrazone groups is 1. The fraction of sp³-hybridized carbons (Fsp3) is 0.375. The molecule has 0 fully saturated rings. The summed E-state index contributed by atoms with van der Waals surface area (Å²) in [6.45, 7) is 2.49. The molecule has 1 atom stereocenters. The number of allylic oxidation sites excluding steroid dienone is 1. The molecule has 0 spiro atoms. The van der Waals surface area contributed by atoms with Gasteiger partial charge in [-0.05, 0) is 19.4 Å². The van der Waals surface area contributed by atoms with Crippen LogP contribution < -0.4 is 5.43 Å². The third kappa shape index (κ3) is 3.80. The Morgan fingerprint density at radius 3 is 2.50 bits per heavy atom. The van der Waals surface area contributed by atoms with Gasteiger partial charge in [0.1, 0.15) is 5.71 Å². The number of rotatable bonds is 5. The van der Waals surface area contributed by atoms with Crippen molar-refractivity contribution in [3.8, 4) is 0 Å². The molecule has 0 bridgehead atoms. The Morgan fingerprint density at radius 1 is 1.32 bits per heavy atom. The van der Waals surface area contributed by atoms with E-state index in [-0.39, 0.29) is 17.9 Å². The van der Waals surface area contributed by atoms with Gasteiger partial charge in [-0.1, -0.05) is 12.1 Å². The summed E-state index contributed by atoms with van der Waals surface area (Å²) in [5.74, 6) is -8.56. The first kappa shape index (κ1) is 21.3. The van der Waals surface area contributed by atoms with Gasteiger partial charge < -0.3 is 4.74 Å². The third-order valence-corrected chi connectivity index (χ3v) is 3.90. The predicted octanol–water partition coefficient (Wildman–Crippen LogP) is 3.67. The van der Waals surface area contributed by atoms with Crippen LogP contribution in [-0.2, 0) is 9.53 Å². The lowest BCUT2D eigenvalue weighted by atomic mass is 9.82. The summed E-state index contributed by atoms with van der Waals surface area (Å²) < 4.78 is 72.1. The van der Waals surface area contributed by atoms with Crippen molar-refractivity contribution in [3.63, 3.8) is 0 Å². The van der Waals surface area contributed by atoms with E-state index >= 15 is 0 Å². The van der Waals surface area contributed by atoms with Crippen molar-refractivity contribution in [2.75, 3.05) is 6.61 Å². The number of nitro benzene ring substituents is 1. The molecule has 12 heteroatoms. The van der Waals surface area contributed by atoms with Gasteiger partial charge in [-0.25, -0.2) is 4.79 Å². The third-order valence-electron chi connectivity index (χ3n) is 3.90. The normalized spacial score (nSPS) is 17.7. The van der Waals surface area contributed by atoms with Crippen LogP contribution in [-0.4, -0.2) is 35.3 Å². The zero-order chi connectivity index (χ0) is 21.3. The Balaban J connectivity index is 2.72. The minimum atomic E-state index is -6.00. The molecular formula is C16H14F5N3O4. The average Bonchev–Trinajstić information content (AvgIpc) is 2.60. The summed E-state index contributed by atoms with van der Waals surface area (Å²) in [6.07, 6.45) is -6.00. The number of esters is 1. The van der Waals surface area contributed by atoms with Gasteiger partial charge in [0.15, 0.2) is 0 Å². The Morgan fingerprint density at radius 2 is 1.96 bits per heavy atom. The molecule has 1 N–H and O–H groups in total. The van der Waals surface area contributed by atoms with E-state index in [0.717, 1.165) is 24.3 Å². The largest absolute Gasteiger partial charge is 0.463 e. The van der Waals surface area contributed by atoms with Crippen molar-refractivity contribution in [2.24, 2.45) is 5.10 Å². The maximum atomic E-state index is 14.2. The van der Waals surface area contributed by atoms with Crippen molar-refractivity contribution in [3.05, 3.63) is 51.2 Å². The molecule has 152 valence electrons. The number of nitro groups is 1. The van der Waals surface area contributed by atoms with E-state index in [0.29, 0.717) is 0 Å². The minimum Gasteiger partial charge on any atom is -0.463 e. The Labute approximate surface area is 155 Å². The van der Waals surface area contributed by atoms with Gasteiger partial charge in [0, 0.05) is 17.8 Å². The number of alkyl halides is 5. The second-order valence-electron chi connectivity index (χ2n) is 5.73. The van der Waals surface area contributed by atoms with Crippen LogP contribution in [0.5, 0.6) is 0 Å². The maximum absolute atomic E-state index is 14.2. The van der Waals surface area contributed by atoms with Gasteiger partial charge in [-0.3, -0.25) is 15.5 Å². The second-order valence-corrected chi connectivity index (χ2v) is 5.73. The Hall–Kier alpha value is -3.05. The number of nitrogens with one attached hydrogen (secondary N) is 1. The van der Waals surface area contributed by atoms with Crippen molar-refractivity contribution in [1.82, 2.24) is 5.43 Å². The fourth-order valence-corrected chi connectivity index (χ4v) is 2.64. The van der Waals surface area contributed by atoms with Crippen LogP contribution in [0.15, 0.2) is 40.6 Å². The van der Waals surface area contributed by atoms with Crippen LogP contribution in [0.3, 0.4) is 0 Å². The monoisotopic (exact) mass is 407 g/mol. The summed E-state index contributed by atoms with van der Waals surface area (Å²) in [4.78, 5) is 22.4. The van der Waals surface area contributed by atoms with Crippen LogP contribution in [0.4, 0.5) is 27.6 Å². The fourth-order valence-electron chi connectivity index (χ4n) is 2.64. The van der Waals surface area contributed by atoms with E-state index < -0.39 is 45.9 Å². The lowest BCUT2D eigenvalue weighted by Crippen LogP contribution is -2.49. The predicted molar refractivity (Wildman–Crippen MR) is 86.7 cm³/mol. The average molecular weight is 407 g/mol. The number of carbonyl (C=O) groups is 1. The van der Waals surface area contributed by atoms with Gasteiger partial charge in [-0.15, -0.1) is 0 Å². The van der Waals surface area contributed by atoms with E-state index in [1.165, 1.54) is 13.8 Å². The van der Waals surface area contributed by atoms with Crippen molar-refractivity contribution < 1.29 is 36.4 Å². The molecule has 1 aromatic carbocycles. The zero-order valence-electron chi connectivity index (χ0n) is 14.5. The highest BCUT2D eigenvalue weighted by molar-refractivity contribution is 6.08. The van der Waals surface area contributed by atoms with Gasteiger partial charge in [-0.2, -0.15) is 27.1 Å². The molecule has 0 radical (unpaired) electrons. The molecule has 0 aliphatic carbocycles. The van der Waals surface area contributed by atoms with Gasteiger partial charge in [0.2, 0.25) is 0 Å². The molecule has 0 amide bonds. The van der Waals surface area contributed by atoms with E-state index in [9.17, 15) is 36.9 Å². The summed E-state index contributed by atoms with van der Waals surface area (Å²) in [5.41, 5.74) is -1.27. The number of hydrogen-bond donors (Lipinski definition) is 1. The molecular weight excluding hydrogens is 393 g/mol. The van der Waals surface area contributed by atoms with Crippen molar-refractivity contribution in [1.29, 1.82) is 0 Å². The molecule has 1 aliphatic heterocycles. The minimum absolute atomic E-state index is 0.114. The van der Waals surface area contributed by atoms with E-state index in [2.05, 4.69) is 5.10 Å². The highest BCUT2D eigenvalue weighted by atomic mass is 19.4. The number of ether oxygens (including phenoxy) is 1. The van der Waals surface area contributed by atoms with Crippen LogP contribution in [0.2, 0.25) is 0 Å². The molecule has 0 saturated heterocycles. The molecule has 1 aromatic rings. The van der Waals surface area contributed by atoms with Crippen molar-refractivity contribution >= 4 is 17.4 Å². The summed E-state index contributed by atoms with van der Waals surface area (Å²) in [6, 6.07) is 4.04. The molecule has 2 rings (SSSR count). The van der Waals surface area contributed by atoms with E-state index in [4.69, 9.17) is 4.74 Å². The van der Waals surface area contributed by atoms with E-state index in [1.807, 2.05) is 5.43 Å². The first-order valence-electron chi connectivity index (χ1n) is 7.82. The van der Waals surface area contributed by atoms with Gasteiger partial charge in [0.05, 0.1) is 23.0 Å². The molecule has 0 saturated carbocycles. The molecule has 1 heterocycles. The highest BCUT2D eigenvalue weighted by Gasteiger charge is 2.64. The SMILES string of the molecule is CCOC(=O)C1=C(C)NN=C(C(F)(F)C(F)(F)F)C1c1cccc([N+](=O)[O-])c1. The Bertz CT molecular complexity index is 864. The topological polar surface area (TPSA) is 93.8 Å². The molecule has 1 unspecified atom stereocenters. The molecule has 0 aromatic heterocycles. The van der Waals surface area contributed by atoms with Gasteiger partial charge in [0.25, 0.3) is 5.69 Å². The quantitative estimate of drug-likeness (QED) is 0.348. The summed E-state index contributed by atoms with van der Waals surface area (Å²) in [5, 5.41) is 14.1. The maximum Gasteiger partial charge on any atom is 0.459 e. The van der Waals surface area contributed by atoms with Crippen LogP contribution in [0, 0.1) is 10.1 Å². The van der Waals surface area contributed by atoms with Gasteiger partial charge >= 0.3 is 18.1 Å². The summed E-state index contributed by atoms with van der Waals surface area (Å²) >= 11 is 0. The number of hydrogen-bond acceptors (Lipinski definition) is 6. The number of halogens is 5. The Kier molecular flexibility index (Phi) is 5.71. The molecule has 28 heavy (non-hydrogen) atoms. The van der Waals surface area contributed by atoms with E-state index in [1.54, 1.807) is 0 Å². The highest BCUT2D eigenvalue weighted by Crippen LogP contribution is 2.44. The summed E-state index contributed by atoms with van der Waals surface area (Å²) in [7, 11) is 0. The molecule has 7 nitrogen and oxygen atoms in total. The molecule has 1 aliphatic rings. The van der Waals surface area contributed by atoms with Crippen LogP contribution in [0.1, 0.15) is 25.3 Å². The first-order chi connectivity index (χ1) is 12.9. The number of nitrogens with zero attached hydrogens (tertiary/aromatic N) is 2. The standard InChI is InChI=1S/C16H14F5N3O4/c1-3-28-14(25)11-8(2)22-23-13(15(17,18)16(19,20)21)12(11)9-5-4-6-10(7-9)24(26)27/h4-7,12,22H,3H2,1-2H3. The smallest absolute Gasteiger partial charge is 0.459 e. The number of benzene rings is 1. The van der Waals surface area contributed by atoms with Crippen LogP contribution >= 0.6 is 0 Å². The number of non-ortho nitro benzene ring substituents is 1. The lowest BCUT2D eigenvalue weighted by Gasteiger charge is -2.32. The lowest BCUT2D eigenvalue weighted by molar-refractivity contribution is -0.384. The van der Waals surface area contributed by atoms with Crippen LogP contribution in [0.25, 0.3) is 0 Å². The second kappa shape index (κ2) is 7.52.